The summed E-state index contributed by atoms with van der Waals surface area (Å²) in [7, 11) is 1.56. The van der Waals surface area contributed by atoms with Gasteiger partial charge in [-0.15, -0.1) is 5.10 Å². The predicted molar refractivity (Wildman–Crippen MR) is 119 cm³/mol. The van der Waals surface area contributed by atoms with E-state index >= 15 is 0 Å². The fourth-order valence-corrected chi connectivity index (χ4v) is 4.27. The van der Waals surface area contributed by atoms with Crippen LogP contribution in [0.25, 0.3) is 0 Å². The van der Waals surface area contributed by atoms with E-state index in [1.165, 1.54) is 0 Å². The number of nitrogens with zero attached hydrogens (tertiary/aromatic N) is 2. The number of nitriles is 1. The number of rotatable bonds is 5. The molecule has 0 saturated heterocycles. The Hall–Kier alpha value is -3.15. The van der Waals surface area contributed by atoms with Crippen molar-refractivity contribution in [2.75, 3.05) is 7.11 Å². The van der Waals surface area contributed by atoms with Gasteiger partial charge in [-0.05, 0) is 30.7 Å². The monoisotopic (exact) mass is 500 g/mol. The molecule has 0 fully saturated rings. The number of methoxy groups -OCH3 is 1. The van der Waals surface area contributed by atoms with Crippen molar-refractivity contribution in [1.29, 1.82) is 5.26 Å². The summed E-state index contributed by atoms with van der Waals surface area (Å²) < 4.78 is 17.8. The van der Waals surface area contributed by atoms with Crippen LogP contribution in [0.3, 0.4) is 0 Å². The second-order valence-corrected chi connectivity index (χ2v) is 8.16. The smallest absolute Gasteiger partial charge is 0.244 e. The standard InChI is InChI=1S/C22H18BrClN4O3/c1-11-19-20(14(9-25)21(26)31-22(19)28-27-11)13-7-17(29-2)18(8-15(13)23)30-10-12-5-3-4-6-16(12)24/h3-8,20H,10,26H2,1-2H3,(H,27,28)/t20-/m1/s1. The minimum Gasteiger partial charge on any atom is -0.493 e. The highest BCUT2D eigenvalue weighted by Gasteiger charge is 2.36. The molecule has 7 nitrogen and oxygen atoms in total. The average molecular weight is 502 g/mol. The van der Waals surface area contributed by atoms with E-state index in [0.29, 0.717) is 28.0 Å². The van der Waals surface area contributed by atoms with E-state index in [0.717, 1.165) is 26.9 Å². The molecule has 0 bridgehead atoms. The topological polar surface area (TPSA) is 106 Å². The van der Waals surface area contributed by atoms with Crippen molar-refractivity contribution in [1.82, 2.24) is 10.2 Å². The van der Waals surface area contributed by atoms with Gasteiger partial charge in [-0.1, -0.05) is 45.7 Å². The number of ether oxygens (including phenoxy) is 3. The van der Waals surface area contributed by atoms with Gasteiger partial charge in [0.05, 0.1) is 13.0 Å². The molecule has 2 heterocycles. The van der Waals surface area contributed by atoms with E-state index in [1.807, 2.05) is 37.3 Å². The third kappa shape index (κ3) is 3.82. The minimum atomic E-state index is -0.478. The summed E-state index contributed by atoms with van der Waals surface area (Å²) in [5.41, 5.74) is 9.47. The number of allylic oxidation sites excluding steroid dienone is 1. The lowest BCUT2D eigenvalue weighted by Crippen LogP contribution is -2.21. The molecule has 1 aliphatic heterocycles. The Morgan fingerprint density at radius 3 is 2.81 bits per heavy atom. The van der Waals surface area contributed by atoms with Crippen molar-refractivity contribution < 1.29 is 14.2 Å². The molecule has 3 N–H and O–H groups in total. The Balaban J connectivity index is 1.76. The molecule has 4 rings (SSSR count). The Bertz CT molecular complexity index is 1230. The summed E-state index contributed by atoms with van der Waals surface area (Å²) in [6.07, 6.45) is 0. The molecule has 0 spiro atoms. The number of benzene rings is 2. The number of aryl methyl sites for hydroxylation is 1. The Morgan fingerprint density at radius 1 is 1.32 bits per heavy atom. The van der Waals surface area contributed by atoms with Crippen molar-refractivity contribution in [2.45, 2.75) is 19.4 Å². The molecule has 2 aromatic carbocycles. The lowest BCUT2D eigenvalue weighted by molar-refractivity contribution is 0.284. The summed E-state index contributed by atoms with van der Waals surface area (Å²) in [5.74, 6) is 0.939. The van der Waals surface area contributed by atoms with Gasteiger partial charge in [-0.3, -0.25) is 5.10 Å². The van der Waals surface area contributed by atoms with E-state index in [9.17, 15) is 5.26 Å². The van der Waals surface area contributed by atoms with E-state index in [4.69, 9.17) is 31.5 Å². The van der Waals surface area contributed by atoms with Crippen LogP contribution in [0.5, 0.6) is 17.4 Å². The maximum atomic E-state index is 9.77. The van der Waals surface area contributed by atoms with Crippen molar-refractivity contribution in [2.24, 2.45) is 5.73 Å². The second kappa shape index (κ2) is 8.53. The zero-order valence-corrected chi connectivity index (χ0v) is 19.0. The van der Waals surface area contributed by atoms with Crippen LogP contribution < -0.4 is 19.9 Å². The van der Waals surface area contributed by atoms with E-state index < -0.39 is 5.92 Å². The maximum Gasteiger partial charge on any atom is 0.244 e. The molecule has 1 aromatic heterocycles. The number of halogens is 2. The number of H-pyrrole nitrogens is 1. The molecule has 158 valence electrons. The first kappa shape index (κ1) is 21.1. The molecule has 0 aliphatic carbocycles. The first-order chi connectivity index (χ1) is 14.9. The van der Waals surface area contributed by atoms with Gasteiger partial charge in [-0.25, -0.2) is 0 Å². The van der Waals surface area contributed by atoms with Gasteiger partial charge >= 0.3 is 0 Å². The third-order valence-electron chi connectivity index (χ3n) is 5.06. The number of aromatic amines is 1. The molecular weight excluding hydrogens is 484 g/mol. The van der Waals surface area contributed by atoms with Gasteiger partial charge in [0.25, 0.3) is 0 Å². The van der Waals surface area contributed by atoms with Crippen molar-refractivity contribution in [3.8, 4) is 23.4 Å². The number of nitrogens with two attached hydrogens (primary N) is 1. The van der Waals surface area contributed by atoms with Crippen molar-refractivity contribution in [3.05, 3.63) is 79.7 Å². The van der Waals surface area contributed by atoms with Crippen LogP contribution in [0.1, 0.15) is 28.3 Å². The van der Waals surface area contributed by atoms with Gasteiger partial charge < -0.3 is 19.9 Å². The van der Waals surface area contributed by atoms with Crippen LogP contribution in [-0.2, 0) is 6.61 Å². The van der Waals surface area contributed by atoms with E-state index in [-0.39, 0.29) is 12.5 Å². The van der Waals surface area contributed by atoms with Gasteiger partial charge in [0.2, 0.25) is 11.8 Å². The highest BCUT2D eigenvalue weighted by Crippen LogP contribution is 2.47. The molecule has 0 radical (unpaired) electrons. The third-order valence-corrected chi connectivity index (χ3v) is 6.12. The van der Waals surface area contributed by atoms with Crippen LogP contribution in [0.15, 0.2) is 52.3 Å². The Kier molecular flexibility index (Phi) is 5.81. The first-order valence-electron chi connectivity index (χ1n) is 9.30. The number of nitrogens with one attached hydrogen (secondary N) is 1. The first-order valence-corrected chi connectivity index (χ1v) is 10.5. The molecule has 3 aromatic rings. The normalized spacial score (nSPS) is 15.1. The lowest BCUT2D eigenvalue weighted by Gasteiger charge is -2.25. The quantitative estimate of drug-likeness (QED) is 0.513. The Morgan fingerprint density at radius 2 is 2.10 bits per heavy atom. The van der Waals surface area contributed by atoms with Crippen LogP contribution in [0.4, 0.5) is 0 Å². The highest BCUT2D eigenvalue weighted by atomic mass is 79.9. The molecule has 0 saturated carbocycles. The molecule has 0 unspecified atom stereocenters. The SMILES string of the molecule is COc1cc([C@@H]2C(C#N)=C(N)Oc3n[nH]c(C)c32)c(Br)cc1OCc1ccccc1Cl. The maximum absolute atomic E-state index is 9.77. The Labute approximate surface area is 192 Å². The molecule has 9 heteroatoms. The number of hydrogen-bond acceptors (Lipinski definition) is 6. The molecule has 1 aliphatic rings. The zero-order valence-electron chi connectivity index (χ0n) is 16.7. The van der Waals surface area contributed by atoms with Crippen LogP contribution >= 0.6 is 27.5 Å². The van der Waals surface area contributed by atoms with E-state index in [1.54, 1.807) is 13.2 Å². The number of aromatic nitrogens is 2. The second-order valence-electron chi connectivity index (χ2n) is 6.90. The van der Waals surface area contributed by atoms with E-state index in [2.05, 4.69) is 32.2 Å². The van der Waals surface area contributed by atoms with Crippen LogP contribution in [-0.4, -0.2) is 17.3 Å². The van der Waals surface area contributed by atoms with Gasteiger partial charge in [-0.2, -0.15) is 5.26 Å². The van der Waals surface area contributed by atoms with Gasteiger partial charge in [0, 0.05) is 26.3 Å². The number of hydrogen-bond donors (Lipinski definition) is 2. The summed E-state index contributed by atoms with van der Waals surface area (Å²) in [6, 6.07) is 13.3. The fraction of sp³-hybridized carbons (Fsp3) is 0.182. The molecular formula is C22H18BrClN4O3. The summed E-state index contributed by atoms with van der Waals surface area (Å²) in [6.45, 7) is 2.14. The fourth-order valence-electron chi connectivity index (χ4n) is 3.52. The van der Waals surface area contributed by atoms with Crippen molar-refractivity contribution in [3.63, 3.8) is 0 Å². The summed E-state index contributed by atoms with van der Waals surface area (Å²) >= 11 is 9.85. The number of fused-ring (bicyclic) bond motifs is 1. The molecule has 1 atom stereocenters. The van der Waals surface area contributed by atoms with Gasteiger partial charge in [0.1, 0.15) is 18.2 Å². The highest BCUT2D eigenvalue weighted by molar-refractivity contribution is 9.10. The minimum absolute atomic E-state index is 0.0245. The largest absolute Gasteiger partial charge is 0.493 e. The zero-order chi connectivity index (χ0) is 22.1. The van der Waals surface area contributed by atoms with Crippen LogP contribution in [0, 0.1) is 18.3 Å². The lowest BCUT2D eigenvalue weighted by atomic mass is 9.84. The summed E-state index contributed by atoms with van der Waals surface area (Å²) in [4.78, 5) is 0. The van der Waals surface area contributed by atoms with Gasteiger partial charge in [0.15, 0.2) is 11.5 Å². The van der Waals surface area contributed by atoms with Crippen LogP contribution in [0.2, 0.25) is 5.02 Å². The average Bonchev–Trinajstić information content (AvgIpc) is 3.12. The molecule has 31 heavy (non-hydrogen) atoms. The van der Waals surface area contributed by atoms with Crippen molar-refractivity contribution >= 4 is 27.5 Å². The molecule has 0 amide bonds. The summed E-state index contributed by atoms with van der Waals surface area (Å²) in [5, 5.41) is 17.5. The predicted octanol–water partition coefficient (Wildman–Crippen LogP) is 4.94.